The van der Waals surface area contributed by atoms with Crippen molar-refractivity contribution >= 4 is 32.4 Å². The van der Waals surface area contributed by atoms with Crippen LogP contribution < -0.4 is 5.32 Å². The molecule has 0 amide bonds. The normalized spacial score (nSPS) is 11.8. The molecule has 0 bridgehead atoms. The van der Waals surface area contributed by atoms with Crippen LogP contribution in [0.2, 0.25) is 0 Å². The van der Waals surface area contributed by atoms with E-state index in [1.54, 1.807) is 0 Å². The number of hydrogen-bond donors (Lipinski definition) is 2. The second-order valence-electron chi connectivity index (χ2n) is 5.20. The molecule has 0 saturated heterocycles. The summed E-state index contributed by atoms with van der Waals surface area (Å²) in [5.41, 5.74) is 0.475. The minimum atomic E-state index is -0.616. The van der Waals surface area contributed by atoms with Gasteiger partial charge in [-0.25, -0.2) is 0 Å². The molecule has 0 saturated carbocycles. The molecular weight excluding hydrogens is 290 g/mol. The minimum Gasteiger partial charge on any atom is -0.390 e. The van der Waals surface area contributed by atoms with Gasteiger partial charge in [0.05, 0.1) is 5.60 Å². The molecule has 2 aromatic carbocycles. The predicted molar refractivity (Wildman–Crippen MR) is 81.1 cm³/mol. The highest BCUT2D eigenvalue weighted by atomic mass is 79.9. The van der Waals surface area contributed by atoms with Crippen molar-refractivity contribution in [1.29, 1.82) is 0 Å². The van der Waals surface area contributed by atoms with Crippen molar-refractivity contribution in [1.82, 2.24) is 0 Å². The van der Waals surface area contributed by atoms with Crippen LogP contribution in [0.4, 0.5) is 5.69 Å². The summed E-state index contributed by atoms with van der Waals surface area (Å²) in [6, 6.07) is 12.6. The molecule has 3 heteroatoms. The monoisotopic (exact) mass is 307 g/mol. The number of nitrogens with one attached hydrogen (secondary N) is 1. The first kappa shape index (κ1) is 13.4. The first-order chi connectivity index (χ1) is 8.44. The summed E-state index contributed by atoms with van der Waals surface area (Å²) in [6.07, 6.45) is 0.728. The molecule has 2 aromatic rings. The van der Waals surface area contributed by atoms with E-state index in [1.807, 2.05) is 19.9 Å². The van der Waals surface area contributed by atoms with E-state index < -0.39 is 5.60 Å². The third-order valence-corrected chi connectivity index (χ3v) is 3.36. The van der Waals surface area contributed by atoms with Crippen molar-refractivity contribution in [3.63, 3.8) is 0 Å². The first-order valence-electron chi connectivity index (χ1n) is 6.10. The summed E-state index contributed by atoms with van der Waals surface area (Å²) in [5.74, 6) is 0. The van der Waals surface area contributed by atoms with Crippen LogP contribution in [0.25, 0.3) is 10.8 Å². The second-order valence-corrected chi connectivity index (χ2v) is 6.11. The molecule has 0 aliphatic rings. The quantitative estimate of drug-likeness (QED) is 0.888. The zero-order valence-corrected chi connectivity index (χ0v) is 12.3. The SMILES string of the molecule is CC(C)(O)CCNc1ccc2cc(Br)ccc2c1. The molecule has 0 atom stereocenters. The fourth-order valence-corrected chi connectivity index (χ4v) is 2.22. The van der Waals surface area contributed by atoms with Gasteiger partial charge in [-0.15, -0.1) is 0 Å². The molecule has 2 rings (SSSR count). The molecule has 0 heterocycles. The maximum atomic E-state index is 9.65. The Morgan fingerprint density at radius 1 is 1.11 bits per heavy atom. The summed E-state index contributed by atoms with van der Waals surface area (Å²) in [5, 5.41) is 15.4. The smallest absolute Gasteiger partial charge is 0.0608 e. The number of halogens is 1. The van der Waals surface area contributed by atoms with Gasteiger partial charge in [-0.05, 0) is 55.3 Å². The average molecular weight is 308 g/mol. The van der Waals surface area contributed by atoms with Gasteiger partial charge < -0.3 is 10.4 Å². The maximum Gasteiger partial charge on any atom is 0.0608 e. The topological polar surface area (TPSA) is 32.3 Å². The van der Waals surface area contributed by atoms with Gasteiger partial charge >= 0.3 is 0 Å². The van der Waals surface area contributed by atoms with Gasteiger partial charge in [0.2, 0.25) is 0 Å². The van der Waals surface area contributed by atoms with Crippen molar-refractivity contribution in [2.24, 2.45) is 0 Å². The van der Waals surface area contributed by atoms with Gasteiger partial charge in [-0.1, -0.05) is 28.1 Å². The Labute approximate surface area is 116 Å². The van der Waals surface area contributed by atoms with E-state index in [1.165, 1.54) is 10.8 Å². The van der Waals surface area contributed by atoms with Gasteiger partial charge in [0.25, 0.3) is 0 Å². The zero-order valence-electron chi connectivity index (χ0n) is 10.7. The third kappa shape index (κ3) is 3.72. The summed E-state index contributed by atoms with van der Waals surface area (Å²) in [4.78, 5) is 0. The Kier molecular flexibility index (Phi) is 3.93. The molecular formula is C15H18BrNO. The summed E-state index contributed by atoms with van der Waals surface area (Å²) >= 11 is 3.47. The van der Waals surface area contributed by atoms with E-state index in [0.717, 1.165) is 23.1 Å². The highest BCUT2D eigenvalue weighted by Gasteiger charge is 2.11. The molecule has 0 aliphatic carbocycles. The van der Waals surface area contributed by atoms with E-state index in [9.17, 15) is 5.11 Å². The summed E-state index contributed by atoms with van der Waals surface area (Å²) in [7, 11) is 0. The van der Waals surface area contributed by atoms with Crippen molar-refractivity contribution in [2.75, 3.05) is 11.9 Å². The molecule has 2 nitrogen and oxygen atoms in total. The Balaban J connectivity index is 2.08. The molecule has 0 aromatic heterocycles. The highest BCUT2D eigenvalue weighted by Crippen LogP contribution is 2.23. The predicted octanol–water partition coefficient (Wildman–Crippen LogP) is 4.18. The number of hydrogen-bond acceptors (Lipinski definition) is 2. The van der Waals surface area contributed by atoms with Crippen LogP contribution in [0.15, 0.2) is 40.9 Å². The lowest BCUT2D eigenvalue weighted by molar-refractivity contribution is 0.0749. The standard InChI is InChI=1S/C15H18BrNO/c1-15(2,18)7-8-17-14-6-4-11-9-13(16)5-3-12(11)10-14/h3-6,9-10,17-18H,7-8H2,1-2H3. The lowest BCUT2D eigenvalue weighted by Gasteiger charge is -2.17. The molecule has 0 spiro atoms. The second kappa shape index (κ2) is 5.29. The van der Waals surface area contributed by atoms with E-state index >= 15 is 0 Å². The number of anilines is 1. The Hall–Kier alpha value is -1.06. The van der Waals surface area contributed by atoms with Gasteiger partial charge in [-0.2, -0.15) is 0 Å². The molecule has 0 unspecified atom stereocenters. The lowest BCUT2D eigenvalue weighted by atomic mass is 10.1. The first-order valence-corrected chi connectivity index (χ1v) is 6.89. The Morgan fingerprint density at radius 3 is 2.50 bits per heavy atom. The number of rotatable bonds is 4. The van der Waals surface area contributed by atoms with E-state index in [-0.39, 0.29) is 0 Å². The van der Waals surface area contributed by atoms with Crippen molar-refractivity contribution in [3.8, 4) is 0 Å². The largest absolute Gasteiger partial charge is 0.390 e. The fourth-order valence-electron chi connectivity index (χ4n) is 1.84. The lowest BCUT2D eigenvalue weighted by Crippen LogP contribution is -2.22. The van der Waals surface area contributed by atoms with Crippen LogP contribution in [0, 0.1) is 0 Å². The van der Waals surface area contributed by atoms with Gasteiger partial charge in [-0.3, -0.25) is 0 Å². The number of benzene rings is 2. The fraction of sp³-hybridized carbons (Fsp3) is 0.333. The Bertz CT molecular complexity index is 546. The van der Waals surface area contributed by atoms with Crippen molar-refractivity contribution in [3.05, 3.63) is 40.9 Å². The maximum absolute atomic E-state index is 9.65. The highest BCUT2D eigenvalue weighted by molar-refractivity contribution is 9.10. The molecule has 2 N–H and O–H groups in total. The van der Waals surface area contributed by atoms with E-state index in [2.05, 4.69) is 51.6 Å². The van der Waals surface area contributed by atoms with Gasteiger partial charge in [0.15, 0.2) is 0 Å². The summed E-state index contributed by atoms with van der Waals surface area (Å²) < 4.78 is 1.10. The van der Waals surface area contributed by atoms with Crippen LogP contribution >= 0.6 is 15.9 Å². The Morgan fingerprint density at radius 2 is 1.78 bits per heavy atom. The molecule has 0 aliphatic heterocycles. The zero-order chi connectivity index (χ0) is 13.2. The van der Waals surface area contributed by atoms with Crippen LogP contribution in [0.1, 0.15) is 20.3 Å². The van der Waals surface area contributed by atoms with Crippen LogP contribution in [-0.4, -0.2) is 17.3 Å². The van der Waals surface area contributed by atoms with Crippen molar-refractivity contribution in [2.45, 2.75) is 25.9 Å². The van der Waals surface area contributed by atoms with Gasteiger partial charge in [0, 0.05) is 16.7 Å². The van der Waals surface area contributed by atoms with E-state index in [4.69, 9.17) is 0 Å². The van der Waals surface area contributed by atoms with Crippen LogP contribution in [0.5, 0.6) is 0 Å². The summed E-state index contributed by atoms with van der Waals surface area (Å²) in [6.45, 7) is 4.42. The van der Waals surface area contributed by atoms with Crippen LogP contribution in [0.3, 0.4) is 0 Å². The van der Waals surface area contributed by atoms with Crippen molar-refractivity contribution < 1.29 is 5.11 Å². The van der Waals surface area contributed by atoms with E-state index in [0.29, 0.717) is 0 Å². The van der Waals surface area contributed by atoms with Crippen LogP contribution in [-0.2, 0) is 0 Å². The average Bonchev–Trinajstić information content (AvgIpc) is 2.27. The van der Waals surface area contributed by atoms with Gasteiger partial charge in [0.1, 0.15) is 0 Å². The molecule has 96 valence electrons. The molecule has 18 heavy (non-hydrogen) atoms. The third-order valence-electron chi connectivity index (χ3n) is 2.87. The minimum absolute atomic E-state index is 0.616. The molecule has 0 radical (unpaired) electrons. The number of aliphatic hydroxyl groups is 1. The molecule has 0 fully saturated rings. The number of fused-ring (bicyclic) bond motifs is 1.